The number of ether oxygens (including phenoxy) is 1. The van der Waals surface area contributed by atoms with Crippen LogP contribution >= 0.6 is 34.2 Å². The first-order chi connectivity index (χ1) is 11.5. The number of benzene rings is 2. The second kappa shape index (κ2) is 8.89. The summed E-state index contributed by atoms with van der Waals surface area (Å²) >= 11 is 7.89. The van der Waals surface area contributed by atoms with E-state index in [4.69, 9.17) is 16.3 Å². The van der Waals surface area contributed by atoms with Gasteiger partial charge in [-0.3, -0.25) is 9.59 Å². The normalized spacial score (nSPS) is 10.1. The molecule has 126 valence electrons. The summed E-state index contributed by atoms with van der Waals surface area (Å²) in [5, 5.41) is 5.86. The van der Waals surface area contributed by atoms with Crippen molar-refractivity contribution in [1.82, 2.24) is 5.32 Å². The Hall–Kier alpha value is -1.80. The van der Waals surface area contributed by atoms with E-state index < -0.39 is 0 Å². The van der Waals surface area contributed by atoms with Crippen molar-refractivity contribution in [2.75, 3.05) is 18.5 Å². The molecule has 2 aromatic carbocycles. The molecule has 0 saturated carbocycles. The minimum Gasteiger partial charge on any atom is -0.494 e. The molecule has 7 heteroatoms. The number of hydrogen-bond donors (Lipinski definition) is 2. The molecule has 2 rings (SSSR count). The molecule has 0 fully saturated rings. The molecule has 2 aromatic rings. The predicted octanol–water partition coefficient (Wildman–Crippen LogP) is 3.71. The molecule has 0 aliphatic rings. The van der Waals surface area contributed by atoms with Gasteiger partial charge in [-0.05, 0) is 72.0 Å². The fraction of sp³-hybridized carbons (Fsp3) is 0.176. The Balaban J connectivity index is 1.87. The van der Waals surface area contributed by atoms with Gasteiger partial charge in [-0.2, -0.15) is 0 Å². The molecule has 0 spiro atoms. The van der Waals surface area contributed by atoms with Crippen molar-refractivity contribution in [3.8, 4) is 5.75 Å². The SMILES string of the molecule is CCOc1ccc(NC(=O)CNC(=O)c2ccc(Cl)cc2I)cc1. The smallest absolute Gasteiger partial charge is 0.252 e. The molecule has 0 heterocycles. The van der Waals surface area contributed by atoms with Gasteiger partial charge in [0.15, 0.2) is 0 Å². The summed E-state index contributed by atoms with van der Waals surface area (Å²) in [5.74, 6) is 0.107. The summed E-state index contributed by atoms with van der Waals surface area (Å²) in [4.78, 5) is 24.0. The molecule has 0 aliphatic carbocycles. The van der Waals surface area contributed by atoms with E-state index in [-0.39, 0.29) is 18.4 Å². The molecule has 5 nitrogen and oxygen atoms in total. The highest BCUT2D eigenvalue weighted by atomic mass is 127. The van der Waals surface area contributed by atoms with Crippen molar-refractivity contribution < 1.29 is 14.3 Å². The second-order valence-electron chi connectivity index (χ2n) is 4.81. The van der Waals surface area contributed by atoms with E-state index in [0.717, 1.165) is 9.32 Å². The van der Waals surface area contributed by atoms with Crippen LogP contribution in [0.1, 0.15) is 17.3 Å². The molecule has 0 unspecified atom stereocenters. The second-order valence-corrected chi connectivity index (χ2v) is 6.41. The monoisotopic (exact) mass is 458 g/mol. The Morgan fingerprint density at radius 2 is 1.88 bits per heavy atom. The van der Waals surface area contributed by atoms with Crippen molar-refractivity contribution in [3.63, 3.8) is 0 Å². The molecular formula is C17H16ClIN2O3. The lowest BCUT2D eigenvalue weighted by atomic mass is 10.2. The van der Waals surface area contributed by atoms with Crippen molar-refractivity contribution in [3.05, 3.63) is 56.6 Å². The highest BCUT2D eigenvalue weighted by Gasteiger charge is 2.11. The maximum atomic E-state index is 12.1. The van der Waals surface area contributed by atoms with Crippen LogP contribution in [0.2, 0.25) is 5.02 Å². The van der Waals surface area contributed by atoms with E-state index in [1.807, 2.05) is 29.5 Å². The van der Waals surface area contributed by atoms with Crippen molar-refractivity contribution in [2.24, 2.45) is 0 Å². The third-order valence-electron chi connectivity index (χ3n) is 3.03. The quantitative estimate of drug-likeness (QED) is 0.649. The Bertz CT molecular complexity index is 735. The summed E-state index contributed by atoms with van der Waals surface area (Å²) in [6, 6.07) is 12.0. The molecular weight excluding hydrogens is 443 g/mol. The van der Waals surface area contributed by atoms with Gasteiger partial charge in [-0.25, -0.2) is 0 Å². The van der Waals surface area contributed by atoms with Crippen LogP contribution in [0.4, 0.5) is 5.69 Å². The number of hydrogen-bond acceptors (Lipinski definition) is 3. The molecule has 2 amide bonds. The van der Waals surface area contributed by atoms with E-state index in [9.17, 15) is 9.59 Å². The van der Waals surface area contributed by atoms with E-state index in [0.29, 0.717) is 22.9 Å². The van der Waals surface area contributed by atoms with Crippen LogP contribution in [-0.4, -0.2) is 25.0 Å². The number of carbonyl (C=O) groups excluding carboxylic acids is 2. The van der Waals surface area contributed by atoms with Crippen molar-refractivity contribution >= 4 is 51.7 Å². The number of amides is 2. The minimum atomic E-state index is -0.321. The largest absolute Gasteiger partial charge is 0.494 e. The summed E-state index contributed by atoms with van der Waals surface area (Å²) in [5.41, 5.74) is 1.12. The maximum absolute atomic E-state index is 12.1. The lowest BCUT2D eigenvalue weighted by Crippen LogP contribution is -2.33. The van der Waals surface area contributed by atoms with Gasteiger partial charge in [-0.1, -0.05) is 11.6 Å². The molecule has 24 heavy (non-hydrogen) atoms. The van der Waals surface area contributed by atoms with E-state index in [1.54, 1.807) is 42.5 Å². The molecule has 0 bridgehead atoms. The Kier molecular flexibility index (Phi) is 6.86. The summed E-state index contributed by atoms with van der Waals surface area (Å²) in [7, 11) is 0. The lowest BCUT2D eigenvalue weighted by molar-refractivity contribution is -0.115. The Morgan fingerprint density at radius 1 is 1.17 bits per heavy atom. The maximum Gasteiger partial charge on any atom is 0.252 e. The van der Waals surface area contributed by atoms with Crippen LogP contribution in [0.3, 0.4) is 0 Å². The highest BCUT2D eigenvalue weighted by Crippen LogP contribution is 2.18. The van der Waals surface area contributed by atoms with Crippen LogP contribution in [0.5, 0.6) is 5.75 Å². The lowest BCUT2D eigenvalue weighted by Gasteiger charge is -2.09. The number of carbonyl (C=O) groups is 2. The van der Waals surface area contributed by atoms with Crippen molar-refractivity contribution in [2.45, 2.75) is 6.92 Å². The first kappa shape index (κ1) is 18.5. The topological polar surface area (TPSA) is 67.4 Å². The fourth-order valence-electron chi connectivity index (χ4n) is 1.94. The minimum absolute atomic E-state index is 0.120. The summed E-state index contributed by atoms with van der Waals surface area (Å²) in [6.07, 6.45) is 0. The van der Waals surface area contributed by atoms with Gasteiger partial charge in [0.05, 0.1) is 18.7 Å². The standard InChI is InChI=1S/C17H16ClIN2O3/c1-2-24-13-6-4-12(5-7-13)21-16(22)10-20-17(23)14-8-3-11(18)9-15(14)19/h3-9H,2,10H2,1H3,(H,20,23)(H,21,22). The third kappa shape index (κ3) is 5.38. The zero-order valence-electron chi connectivity index (χ0n) is 12.9. The molecule has 0 aliphatic heterocycles. The van der Waals surface area contributed by atoms with Crippen LogP contribution < -0.4 is 15.4 Å². The fourth-order valence-corrected chi connectivity index (χ4v) is 3.05. The van der Waals surface area contributed by atoms with Gasteiger partial charge < -0.3 is 15.4 Å². The van der Waals surface area contributed by atoms with Crippen LogP contribution in [0.25, 0.3) is 0 Å². The summed E-state index contributed by atoms with van der Waals surface area (Å²) in [6.45, 7) is 2.37. The molecule has 0 radical (unpaired) electrons. The first-order valence-corrected chi connectivity index (χ1v) is 8.71. The van der Waals surface area contributed by atoms with Gasteiger partial charge in [0.25, 0.3) is 5.91 Å². The van der Waals surface area contributed by atoms with E-state index in [2.05, 4.69) is 10.6 Å². The molecule has 0 atom stereocenters. The van der Waals surface area contributed by atoms with E-state index >= 15 is 0 Å². The van der Waals surface area contributed by atoms with E-state index in [1.165, 1.54) is 0 Å². The zero-order valence-corrected chi connectivity index (χ0v) is 15.8. The van der Waals surface area contributed by atoms with Crippen LogP contribution in [0.15, 0.2) is 42.5 Å². The van der Waals surface area contributed by atoms with Gasteiger partial charge in [-0.15, -0.1) is 0 Å². The van der Waals surface area contributed by atoms with Gasteiger partial charge in [0, 0.05) is 14.3 Å². The van der Waals surface area contributed by atoms with Crippen LogP contribution in [0, 0.1) is 3.57 Å². The third-order valence-corrected chi connectivity index (χ3v) is 4.16. The number of anilines is 1. The molecule has 2 N–H and O–H groups in total. The number of halogens is 2. The first-order valence-electron chi connectivity index (χ1n) is 7.25. The summed E-state index contributed by atoms with van der Waals surface area (Å²) < 4.78 is 6.06. The molecule has 0 aromatic heterocycles. The van der Waals surface area contributed by atoms with Crippen LogP contribution in [-0.2, 0) is 4.79 Å². The average Bonchev–Trinajstić information content (AvgIpc) is 2.55. The highest BCUT2D eigenvalue weighted by molar-refractivity contribution is 14.1. The predicted molar refractivity (Wildman–Crippen MR) is 103 cm³/mol. The number of nitrogens with one attached hydrogen (secondary N) is 2. The van der Waals surface area contributed by atoms with Gasteiger partial charge in [0.1, 0.15) is 5.75 Å². The Labute approximate surface area is 158 Å². The Morgan fingerprint density at radius 3 is 2.50 bits per heavy atom. The molecule has 0 saturated heterocycles. The van der Waals surface area contributed by atoms with Gasteiger partial charge in [0.2, 0.25) is 5.91 Å². The number of rotatable bonds is 6. The van der Waals surface area contributed by atoms with Crippen molar-refractivity contribution in [1.29, 1.82) is 0 Å². The average molecular weight is 459 g/mol. The zero-order chi connectivity index (χ0) is 17.5. The van der Waals surface area contributed by atoms with Gasteiger partial charge >= 0.3 is 0 Å².